The van der Waals surface area contributed by atoms with Gasteiger partial charge in [-0.3, -0.25) is 4.79 Å². The molecule has 0 radical (unpaired) electrons. The van der Waals surface area contributed by atoms with Crippen molar-refractivity contribution in [1.29, 1.82) is 10.5 Å². The van der Waals surface area contributed by atoms with E-state index in [0.717, 1.165) is 29.7 Å². The van der Waals surface area contributed by atoms with Gasteiger partial charge in [0.15, 0.2) is 11.4 Å². The first-order chi connectivity index (χ1) is 11.2. The van der Waals surface area contributed by atoms with Gasteiger partial charge >= 0.3 is 0 Å². The van der Waals surface area contributed by atoms with Gasteiger partial charge in [-0.1, -0.05) is 0 Å². The highest BCUT2D eigenvalue weighted by molar-refractivity contribution is 7.18. The summed E-state index contributed by atoms with van der Waals surface area (Å²) in [5.41, 5.74) is 1.25. The maximum Gasteiger partial charge on any atom is 0.259 e. The second kappa shape index (κ2) is 5.04. The van der Waals surface area contributed by atoms with Gasteiger partial charge in [-0.25, -0.2) is 9.97 Å². The Bertz CT molecular complexity index is 1070. The molecule has 0 aliphatic heterocycles. The molecule has 0 fully saturated rings. The van der Waals surface area contributed by atoms with Crippen molar-refractivity contribution in [1.82, 2.24) is 19.5 Å². The van der Waals surface area contributed by atoms with Gasteiger partial charge in [-0.05, 0) is 24.8 Å². The molecular formula is C15H10N6OS. The number of rotatable bonds is 2. The Morgan fingerprint density at radius 3 is 3.00 bits per heavy atom. The van der Waals surface area contributed by atoms with Crippen LogP contribution in [0.3, 0.4) is 0 Å². The van der Waals surface area contributed by atoms with Crippen molar-refractivity contribution in [3.8, 4) is 12.1 Å². The Balaban J connectivity index is 1.80. The SMILES string of the molecule is N#Cc1ncn(Cc2nc3sc4c(c3c(=O)[nH]2)CCC4)c1C#N. The standard InChI is InChI=1S/C15H10N6OS/c16-4-9-10(5-17)21(7-18-9)6-12-19-14(22)13-8-2-1-3-11(8)23-15(13)20-12/h7H,1-3,6H2,(H,19,20,22). The van der Waals surface area contributed by atoms with Crippen molar-refractivity contribution in [3.63, 3.8) is 0 Å². The number of aromatic amines is 1. The van der Waals surface area contributed by atoms with E-state index in [1.807, 2.05) is 12.1 Å². The molecule has 0 saturated heterocycles. The summed E-state index contributed by atoms with van der Waals surface area (Å²) in [5, 5.41) is 18.8. The molecule has 0 spiro atoms. The number of nitrogens with one attached hydrogen (secondary N) is 1. The maximum atomic E-state index is 12.4. The summed E-state index contributed by atoms with van der Waals surface area (Å²) in [6.45, 7) is 0.200. The molecule has 1 N–H and O–H groups in total. The summed E-state index contributed by atoms with van der Waals surface area (Å²) >= 11 is 1.57. The fourth-order valence-electron chi connectivity index (χ4n) is 2.98. The highest BCUT2D eigenvalue weighted by atomic mass is 32.1. The van der Waals surface area contributed by atoms with Crippen molar-refractivity contribution < 1.29 is 0 Å². The summed E-state index contributed by atoms with van der Waals surface area (Å²) < 4.78 is 1.52. The van der Waals surface area contributed by atoms with E-state index < -0.39 is 0 Å². The molecule has 3 aromatic rings. The summed E-state index contributed by atoms with van der Waals surface area (Å²) in [6.07, 6.45) is 4.45. The highest BCUT2D eigenvalue weighted by Crippen LogP contribution is 2.34. The van der Waals surface area contributed by atoms with Crippen molar-refractivity contribution in [3.05, 3.63) is 44.3 Å². The number of hydrogen-bond donors (Lipinski definition) is 1. The number of imidazole rings is 1. The first-order valence-corrected chi connectivity index (χ1v) is 7.91. The molecule has 8 heteroatoms. The minimum absolute atomic E-state index is 0.0750. The molecule has 0 bridgehead atoms. The lowest BCUT2D eigenvalue weighted by atomic mass is 10.2. The van der Waals surface area contributed by atoms with Crippen LogP contribution in [0, 0.1) is 22.7 Å². The minimum atomic E-state index is -0.136. The van der Waals surface area contributed by atoms with Crippen molar-refractivity contribution >= 4 is 21.6 Å². The lowest BCUT2D eigenvalue weighted by molar-refractivity contribution is 0.736. The predicted molar refractivity (Wildman–Crippen MR) is 83.0 cm³/mol. The van der Waals surface area contributed by atoms with E-state index >= 15 is 0 Å². The second-order valence-electron chi connectivity index (χ2n) is 5.34. The molecule has 1 aliphatic carbocycles. The minimum Gasteiger partial charge on any atom is -0.314 e. The largest absolute Gasteiger partial charge is 0.314 e. The van der Waals surface area contributed by atoms with Gasteiger partial charge in [-0.2, -0.15) is 10.5 Å². The smallest absolute Gasteiger partial charge is 0.259 e. The molecule has 7 nitrogen and oxygen atoms in total. The number of nitrogens with zero attached hydrogens (tertiary/aromatic N) is 5. The molecule has 0 amide bonds. The Morgan fingerprint density at radius 2 is 2.22 bits per heavy atom. The topological polar surface area (TPSA) is 111 Å². The molecular weight excluding hydrogens is 312 g/mol. The lowest BCUT2D eigenvalue weighted by Gasteiger charge is -2.03. The van der Waals surface area contributed by atoms with Crippen LogP contribution >= 0.6 is 11.3 Å². The van der Waals surface area contributed by atoms with E-state index in [4.69, 9.17) is 10.5 Å². The first kappa shape index (κ1) is 13.7. The van der Waals surface area contributed by atoms with E-state index in [1.165, 1.54) is 15.8 Å². The van der Waals surface area contributed by atoms with E-state index in [0.29, 0.717) is 11.2 Å². The molecule has 3 aromatic heterocycles. The normalized spacial score (nSPS) is 13.0. The van der Waals surface area contributed by atoms with Gasteiger partial charge in [0.2, 0.25) is 0 Å². The number of H-pyrrole nitrogens is 1. The third-order valence-electron chi connectivity index (χ3n) is 3.99. The number of thiophene rings is 1. The second-order valence-corrected chi connectivity index (χ2v) is 6.43. The number of hydrogen-bond acceptors (Lipinski definition) is 6. The molecule has 3 heterocycles. The number of nitriles is 2. The van der Waals surface area contributed by atoms with Crippen LogP contribution in [0.4, 0.5) is 0 Å². The van der Waals surface area contributed by atoms with Gasteiger partial charge in [0.1, 0.15) is 22.8 Å². The highest BCUT2D eigenvalue weighted by Gasteiger charge is 2.21. The molecule has 1 aliphatic rings. The number of fused-ring (bicyclic) bond motifs is 3. The van der Waals surface area contributed by atoms with E-state index in [2.05, 4.69) is 15.0 Å². The summed E-state index contributed by atoms with van der Waals surface area (Å²) in [5.74, 6) is 0.459. The zero-order valence-corrected chi connectivity index (χ0v) is 12.8. The summed E-state index contributed by atoms with van der Waals surface area (Å²) in [4.78, 5) is 25.6. The molecule has 112 valence electrons. The summed E-state index contributed by atoms with van der Waals surface area (Å²) in [6, 6.07) is 3.83. The van der Waals surface area contributed by atoms with Crippen molar-refractivity contribution in [2.24, 2.45) is 0 Å². The number of aromatic nitrogens is 4. The first-order valence-electron chi connectivity index (χ1n) is 7.10. The fourth-order valence-corrected chi connectivity index (χ4v) is 4.27. The Hall–Kier alpha value is -2.97. The summed E-state index contributed by atoms with van der Waals surface area (Å²) in [7, 11) is 0. The van der Waals surface area contributed by atoms with Gasteiger partial charge in [0, 0.05) is 4.88 Å². The maximum absolute atomic E-state index is 12.4. The van der Waals surface area contributed by atoms with E-state index in [-0.39, 0.29) is 23.5 Å². The Morgan fingerprint density at radius 1 is 1.35 bits per heavy atom. The zero-order chi connectivity index (χ0) is 16.0. The molecule has 23 heavy (non-hydrogen) atoms. The van der Waals surface area contributed by atoms with Crippen molar-refractivity contribution in [2.45, 2.75) is 25.8 Å². The Kier molecular flexibility index (Phi) is 3.00. The third-order valence-corrected chi connectivity index (χ3v) is 5.18. The zero-order valence-electron chi connectivity index (χ0n) is 12.0. The van der Waals surface area contributed by atoms with Crippen LogP contribution in [0.1, 0.15) is 34.1 Å². The van der Waals surface area contributed by atoms with Gasteiger partial charge in [-0.15, -0.1) is 11.3 Å². The van der Waals surface area contributed by atoms with Crippen LogP contribution < -0.4 is 5.56 Å². The van der Waals surface area contributed by atoms with Crippen LogP contribution in [-0.2, 0) is 19.4 Å². The van der Waals surface area contributed by atoms with E-state index in [1.54, 1.807) is 11.3 Å². The van der Waals surface area contributed by atoms with Crippen LogP contribution in [0.2, 0.25) is 0 Å². The average Bonchev–Trinajstić information content (AvgIpc) is 3.20. The number of aryl methyl sites for hydroxylation is 2. The Labute approximate surface area is 134 Å². The average molecular weight is 322 g/mol. The molecule has 0 unspecified atom stereocenters. The van der Waals surface area contributed by atoms with Gasteiger partial charge in [0.25, 0.3) is 5.56 Å². The van der Waals surface area contributed by atoms with Gasteiger partial charge < -0.3 is 9.55 Å². The molecule has 0 saturated carbocycles. The monoisotopic (exact) mass is 322 g/mol. The van der Waals surface area contributed by atoms with Crippen LogP contribution in [0.15, 0.2) is 11.1 Å². The molecule has 4 rings (SSSR count). The van der Waals surface area contributed by atoms with Gasteiger partial charge in [0.05, 0.1) is 18.3 Å². The van der Waals surface area contributed by atoms with E-state index in [9.17, 15) is 4.79 Å². The quantitative estimate of drug-likeness (QED) is 0.767. The van der Waals surface area contributed by atoms with Crippen LogP contribution in [0.5, 0.6) is 0 Å². The predicted octanol–water partition coefficient (Wildman–Crippen LogP) is 1.46. The third kappa shape index (κ3) is 2.04. The molecule has 0 atom stereocenters. The lowest BCUT2D eigenvalue weighted by Crippen LogP contribution is -2.14. The van der Waals surface area contributed by atoms with Crippen LogP contribution in [0.25, 0.3) is 10.2 Å². The van der Waals surface area contributed by atoms with Crippen LogP contribution in [-0.4, -0.2) is 19.5 Å². The molecule has 0 aromatic carbocycles. The fraction of sp³-hybridized carbons (Fsp3) is 0.267. The van der Waals surface area contributed by atoms with Crippen molar-refractivity contribution in [2.75, 3.05) is 0 Å².